The summed E-state index contributed by atoms with van der Waals surface area (Å²) in [5, 5.41) is 8.62. The Hall–Kier alpha value is -1.54. The molecular weight excluding hydrogens is 214 g/mol. The maximum atomic E-state index is 10.8. The molecule has 0 fully saturated rings. The number of ether oxygens (including phenoxy) is 1. The van der Waals surface area contributed by atoms with Crippen molar-refractivity contribution in [2.45, 2.75) is 0 Å². The van der Waals surface area contributed by atoms with Crippen LogP contribution in [0.25, 0.3) is 0 Å². The first-order valence-electron chi connectivity index (χ1n) is 4.32. The van der Waals surface area contributed by atoms with Crippen molar-refractivity contribution in [2.24, 2.45) is 0 Å². The Balaban J connectivity index is 2.55. The molecule has 0 saturated carbocycles. The molecule has 0 saturated heterocycles. The van der Waals surface area contributed by atoms with Crippen molar-refractivity contribution in [1.82, 2.24) is 0 Å². The second-order valence-electron chi connectivity index (χ2n) is 3.12. The van der Waals surface area contributed by atoms with Gasteiger partial charge < -0.3 is 4.74 Å². The smallest absolute Gasteiger partial charge is 0.150 e. The van der Waals surface area contributed by atoms with Crippen LogP contribution in [0.15, 0.2) is 24.3 Å². The number of rotatable bonds is 4. The maximum Gasteiger partial charge on any atom is 0.150 e. The lowest BCUT2D eigenvalue weighted by Crippen LogP contribution is -2.11. The third kappa shape index (κ3) is 4.47. The molecule has 0 unspecified atom stereocenters. The van der Waals surface area contributed by atoms with Gasteiger partial charge in [0.15, 0.2) is 9.84 Å². The molecular formula is C10H11NO3S. The van der Waals surface area contributed by atoms with Gasteiger partial charge in [-0.2, -0.15) is 5.26 Å². The van der Waals surface area contributed by atoms with Gasteiger partial charge >= 0.3 is 0 Å². The fourth-order valence-electron chi connectivity index (χ4n) is 0.966. The monoisotopic (exact) mass is 225 g/mol. The minimum atomic E-state index is -3.00. The Labute approximate surface area is 89.0 Å². The molecule has 0 radical (unpaired) electrons. The molecule has 15 heavy (non-hydrogen) atoms. The molecule has 5 heteroatoms. The van der Waals surface area contributed by atoms with Gasteiger partial charge in [0.2, 0.25) is 0 Å². The summed E-state index contributed by atoms with van der Waals surface area (Å²) < 4.78 is 26.8. The van der Waals surface area contributed by atoms with E-state index in [9.17, 15) is 8.42 Å². The molecule has 1 aromatic rings. The van der Waals surface area contributed by atoms with Crippen LogP contribution in [0.2, 0.25) is 0 Å². The highest BCUT2D eigenvalue weighted by Crippen LogP contribution is 2.12. The van der Waals surface area contributed by atoms with Crippen LogP contribution in [0.4, 0.5) is 0 Å². The molecule has 0 heterocycles. The van der Waals surface area contributed by atoms with Gasteiger partial charge in [-0.05, 0) is 18.2 Å². The second kappa shape index (κ2) is 4.80. The normalized spacial score (nSPS) is 10.7. The number of hydrogen-bond acceptors (Lipinski definition) is 4. The molecule has 0 spiro atoms. The van der Waals surface area contributed by atoms with E-state index in [1.165, 1.54) is 0 Å². The molecule has 0 aliphatic carbocycles. The lowest BCUT2D eigenvalue weighted by atomic mass is 10.2. The molecule has 1 rings (SSSR count). The van der Waals surface area contributed by atoms with Crippen LogP contribution in [0, 0.1) is 11.3 Å². The van der Waals surface area contributed by atoms with Crippen LogP contribution in [-0.4, -0.2) is 27.0 Å². The average Bonchev–Trinajstić information content (AvgIpc) is 2.16. The van der Waals surface area contributed by atoms with Crippen molar-refractivity contribution in [3.63, 3.8) is 0 Å². The van der Waals surface area contributed by atoms with Crippen molar-refractivity contribution < 1.29 is 13.2 Å². The van der Waals surface area contributed by atoms with E-state index in [-0.39, 0.29) is 12.4 Å². The quantitative estimate of drug-likeness (QED) is 0.766. The van der Waals surface area contributed by atoms with Crippen LogP contribution in [0.1, 0.15) is 5.56 Å². The van der Waals surface area contributed by atoms with Crippen LogP contribution >= 0.6 is 0 Å². The molecule has 4 nitrogen and oxygen atoms in total. The lowest BCUT2D eigenvalue weighted by Gasteiger charge is -2.04. The second-order valence-corrected chi connectivity index (χ2v) is 5.38. The molecule has 0 atom stereocenters. The summed E-state index contributed by atoms with van der Waals surface area (Å²) in [6, 6.07) is 8.58. The molecule has 0 N–H and O–H groups in total. The van der Waals surface area contributed by atoms with Crippen LogP contribution in [0.5, 0.6) is 5.75 Å². The van der Waals surface area contributed by atoms with E-state index in [4.69, 9.17) is 10.00 Å². The highest BCUT2D eigenvalue weighted by Gasteiger charge is 2.02. The summed E-state index contributed by atoms with van der Waals surface area (Å²) in [5.41, 5.74) is 0.492. The molecule has 0 aliphatic rings. The fourth-order valence-corrected chi connectivity index (χ4v) is 1.35. The van der Waals surface area contributed by atoms with Gasteiger partial charge in [0.25, 0.3) is 0 Å². The Morgan fingerprint density at radius 1 is 1.47 bits per heavy atom. The molecule has 0 bridgehead atoms. The van der Waals surface area contributed by atoms with Gasteiger partial charge in [-0.15, -0.1) is 0 Å². The topological polar surface area (TPSA) is 67.2 Å². The Bertz CT molecular complexity index is 474. The Kier molecular flexibility index (Phi) is 3.69. The van der Waals surface area contributed by atoms with Crippen molar-refractivity contribution in [3.8, 4) is 11.8 Å². The lowest BCUT2D eigenvalue weighted by molar-refractivity contribution is 0.341. The summed E-state index contributed by atoms with van der Waals surface area (Å²) in [6.45, 7) is 0.105. The predicted octanol–water partition coefficient (Wildman–Crippen LogP) is 0.982. The molecule has 1 aromatic carbocycles. The number of nitriles is 1. The van der Waals surface area contributed by atoms with Gasteiger partial charge in [-0.1, -0.05) is 6.07 Å². The summed E-state index contributed by atoms with van der Waals surface area (Å²) in [4.78, 5) is 0. The fraction of sp³-hybridized carbons (Fsp3) is 0.300. The molecule has 0 amide bonds. The van der Waals surface area contributed by atoms with Crippen LogP contribution < -0.4 is 4.74 Å². The number of sulfone groups is 1. The third-order valence-corrected chi connectivity index (χ3v) is 2.59. The highest BCUT2D eigenvalue weighted by molar-refractivity contribution is 7.90. The first-order chi connectivity index (χ1) is 7.01. The predicted molar refractivity (Wildman–Crippen MR) is 56.4 cm³/mol. The van der Waals surface area contributed by atoms with Gasteiger partial charge in [-0.3, -0.25) is 0 Å². The summed E-state index contributed by atoms with van der Waals surface area (Å²) in [6.07, 6.45) is 1.15. The van der Waals surface area contributed by atoms with Gasteiger partial charge in [0.05, 0.1) is 17.4 Å². The van der Waals surface area contributed by atoms with Crippen molar-refractivity contribution >= 4 is 9.84 Å². The number of hydrogen-bond donors (Lipinski definition) is 0. The van der Waals surface area contributed by atoms with Crippen molar-refractivity contribution in [3.05, 3.63) is 29.8 Å². The summed E-state index contributed by atoms with van der Waals surface area (Å²) in [5.74, 6) is 0.488. The van der Waals surface area contributed by atoms with E-state index in [0.717, 1.165) is 6.26 Å². The van der Waals surface area contributed by atoms with Crippen LogP contribution in [0.3, 0.4) is 0 Å². The Morgan fingerprint density at radius 2 is 2.20 bits per heavy atom. The van der Waals surface area contributed by atoms with Gasteiger partial charge in [0.1, 0.15) is 12.4 Å². The molecule has 0 aromatic heterocycles. The SMILES string of the molecule is CS(=O)(=O)CCOc1cccc(C#N)c1. The van der Waals surface area contributed by atoms with Crippen molar-refractivity contribution in [1.29, 1.82) is 5.26 Å². The van der Waals surface area contributed by atoms with E-state index in [0.29, 0.717) is 11.3 Å². The molecule has 0 aliphatic heterocycles. The van der Waals surface area contributed by atoms with Gasteiger partial charge in [-0.25, -0.2) is 8.42 Å². The summed E-state index contributed by atoms with van der Waals surface area (Å²) >= 11 is 0. The standard InChI is InChI=1S/C10H11NO3S/c1-15(12,13)6-5-14-10-4-2-3-9(7-10)8-11/h2-4,7H,5-6H2,1H3. The average molecular weight is 225 g/mol. The number of nitrogens with zero attached hydrogens (tertiary/aromatic N) is 1. The highest BCUT2D eigenvalue weighted by atomic mass is 32.2. The zero-order chi connectivity index (χ0) is 11.3. The van der Waals surface area contributed by atoms with Crippen molar-refractivity contribution in [2.75, 3.05) is 18.6 Å². The third-order valence-electron chi connectivity index (χ3n) is 1.69. The largest absolute Gasteiger partial charge is 0.492 e. The first kappa shape index (κ1) is 11.5. The van der Waals surface area contributed by atoms with Crippen LogP contribution in [-0.2, 0) is 9.84 Å². The maximum absolute atomic E-state index is 10.8. The summed E-state index contributed by atoms with van der Waals surface area (Å²) in [7, 11) is -3.00. The minimum Gasteiger partial charge on any atom is -0.492 e. The zero-order valence-corrected chi connectivity index (χ0v) is 9.12. The first-order valence-corrected chi connectivity index (χ1v) is 6.38. The zero-order valence-electron chi connectivity index (χ0n) is 8.30. The Morgan fingerprint density at radius 3 is 2.80 bits per heavy atom. The van der Waals surface area contributed by atoms with Gasteiger partial charge in [0, 0.05) is 6.26 Å². The molecule has 80 valence electrons. The van der Waals surface area contributed by atoms with E-state index in [1.807, 2.05) is 6.07 Å². The van der Waals surface area contributed by atoms with E-state index in [2.05, 4.69) is 0 Å². The number of benzene rings is 1. The minimum absolute atomic E-state index is 0.0240. The van der Waals surface area contributed by atoms with E-state index >= 15 is 0 Å². The van der Waals surface area contributed by atoms with E-state index in [1.54, 1.807) is 24.3 Å². The van der Waals surface area contributed by atoms with E-state index < -0.39 is 9.84 Å².